The van der Waals surface area contributed by atoms with Crippen molar-refractivity contribution in [3.63, 3.8) is 0 Å². The molecule has 0 aromatic heterocycles. The molecule has 0 radical (unpaired) electrons. The van der Waals surface area contributed by atoms with Gasteiger partial charge in [0.1, 0.15) is 12.9 Å². The zero-order chi connectivity index (χ0) is 9.84. The molecule has 1 N–H and O–H groups in total. The summed E-state index contributed by atoms with van der Waals surface area (Å²) >= 11 is 0. The van der Waals surface area contributed by atoms with Crippen LogP contribution in [0.1, 0.15) is 13.8 Å². The van der Waals surface area contributed by atoms with Gasteiger partial charge in [0.15, 0.2) is 0 Å². The zero-order valence-electron chi connectivity index (χ0n) is 7.97. The Morgan fingerprint density at radius 2 is 2.31 bits per heavy atom. The van der Waals surface area contributed by atoms with Crippen molar-refractivity contribution in [2.75, 3.05) is 19.7 Å². The molecule has 0 fully saturated rings. The molecule has 1 aliphatic rings. The van der Waals surface area contributed by atoms with Crippen molar-refractivity contribution in [3.8, 4) is 0 Å². The van der Waals surface area contributed by atoms with Gasteiger partial charge in [0, 0.05) is 12.6 Å². The monoisotopic (exact) mass is 185 g/mol. The summed E-state index contributed by atoms with van der Waals surface area (Å²) < 4.78 is 0. The SMILES string of the molecule is CC(C)N1C=NN(C(=O)CO)CC1. The predicted octanol–water partition coefficient (Wildman–Crippen LogP) is -0.525. The van der Waals surface area contributed by atoms with E-state index in [0.717, 1.165) is 6.54 Å². The lowest BCUT2D eigenvalue weighted by Gasteiger charge is -2.30. The minimum absolute atomic E-state index is 0.348. The molecule has 0 bridgehead atoms. The Morgan fingerprint density at radius 1 is 1.62 bits per heavy atom. The molecule has 0 aliphatic carbocycles. The molecule has 0 atom stereocenters. The van der Waals surface area contributed by atoms with Gasteiger partial charge in [-0.25, -0.2) is 5.01 Å². The smallest absolute Gasteiger partial charge is 0.268 e. The summed E-state index contributed by atoms with van der Waals surface area (Å²) in [6.45, 7) is 4.98. The first kappa shape index (κ1) is 9.98. The second kappa shape index (κ2) is 4.23. The Balaban J connectivity index is 2.52. The molecule has 13 heavy (non-hydrogen) atoms. The Kier molecular flexibility index (Phi) is 3.25. The van der Waals surface area contributed by atoms with Crippen LogP contribution in [0.4, 0.5) is 0 Å². The van der Waals surface area contributed by atoms with Gasteiger partial charge in [-0.05, 0) is 13.8 Å². The summed E-state index contributed by atoms with van der Waals surface area (Å²) in [6, 6.07) is 0.398. The lowest BCUT2D eigenvalue weighted by atomic mass is 10.3. The number of aliphatic hydroxyl groups is 1. The van der Waals surface area contributed by atoms with Crippen LogP contribution in [-0.4, -0.2) is 53.0 Å². The van der Waals surface area contributed by atoms with E-state index < -0.39 is 6.61 Å². The summed E-state index contributed by atoms with van der Waals surface area (Å²) in [5.41, 5.74) is 0. The van der Waals surface area contributed by atoms with Crippen LogP contribution in [0.15, 0.2) is 5.10 Å². The first-order valence-corrected chi connectivity index (χ1v) is 4.36. The van der Waals surface area contributed by atoms with E-state index in [4.69, 9.17) is 5.11 Å². The number of carbonyl (C=O) groups excluding carboxylic acids is 1. The minimum atomic E-state index is -0.473. The maximum absolute atomic E-state index is 11.0. The largest absolute Gasteiger partial charge is 0.386 e. The lowest BCUT2D eigenvalue weighted by molar-refractivity contribution is -0.134. The fraction of sp³-hybridized carbons (Fsp3) is 0.750. The van der Waals surface area contributed by atoms with Crippen LogP contribution in [0, 0.1) is 0 Å². The van der Waals surface area contributed by atoms with Gasteiger partial charge in [-0.2, -0.15) is 5.10 Å². The zero-order valence-corrected chi connectivity index (χ0v) is 7.97. The number of aliphatic hydroxyl groups excluding tert-OH is 1. The second-order valence-corrected chi connectivity index (χ2v) is 3.24. The third-order valence-corrected chi connectivity index (χ3v) is 2.00. The van der Waals surface area contributed by atoms with Gasteiger partial charge in [-0.15, -0.1) is 0 Å². The topological polar surface area (TPSA) is 56.1 Å². The number of hydrazone groups is 1. The molecule has 0 saturated carbocycles. The fourth-order valence-corrected chi connectivity index (χ4v) is 1.12. The van der Waals surface area contributed by atoms with Crippen LogP contribution in [0.5, 0.6) is 0 Å². The average molecular weight is 185 g/mol. The highest BCUT2D eigenvalue weighted by molar-refractivity contribution is 5.78. The van der Waals surface area contributed by atoms with E-state index in [1.54, 1.807) is 6.34 Å². The van der Waals surface area contributed by atoms with E-state index in [9.17, 15) is 4.79 Å². The average Bonchev–Trinajstić information content (AvgIpc) is 2.17. The van der Waals surface area contributed by atoms with Gasteiger partial charge in [0.05, 0.1) is 6.54 Å². The normalized spacial score (nSPS) is 16.9. The third-order valence-electron chi connectivity index (χ3n) is 2.00. The van der Waals surface area contributed by atoms with Crippen LogP contribution in [0.25, 0.3) is 0 Å². The molecule has 5 nitrogen and oxygen atoms in total. The maximum atomic E-state index is 11.0. The molecule has 0 unspecified atom stereocenters. The number of hydrogen-bond acceptors (Lipinski definition) is 4. The molecule has 5 heteroatoms. The molecule has 0 spiro atoms. The van der Waals surface area contributed by atoms with Crippen LogP contribution in [0.3, 0.4) is 0 Å². The highest BCUT2D eigenvalue weighted by Crippen LogP contribution is 2.02. The molecule has 1 aliphatic heterocycles. The van der Waals surface area contributed by atoms with Crippen molar-refractivity contribution in [1.29, 1.82) is 0 Å². The standard InChI is InChI=1S/C8H15N3O2/c1-7(2)10-3-4-11(9-6-10)8(13)5-12/h6-7,12H,3-5H2,1-2H3. The second-order valence-electron chi connectivity index (χ2n) is 3.24. The molecule has 1 heterocycles. The molecular weight excluding hydrogens is 170 g/mol. The van der Waals surface area contributed by atoms with Crippen LogP contribution < -0.4 is 0 Å². The minimum Gasteiger partial charge on any atom is -0.386 e. The molecule has 0 aromatic rings. The Labute approximate surface area is 77.6 Å². The van der Waals surface area contributed by atoms with E-state index in [2.05, 4.69) is 18.9 Å². The Bertz CT molecular complexity index is 215. The fourth-order valence-electron chi connectivity index (χ4n) is 1.12. The van der Waals surface area contributed by atoms with Crippen molar-refractivity contribution in [1.82, 2.24) is 9.91 Å². The van der Waals surface area contributed by atoms with E-state index in [1.165, 1.54) is 5.01 Å². The van der Waals surface area contributed by atoms with E-state index in [1.807, 2.05) is 4.90 Å². The summed E-state index contributed by atoms with van der Waals surface area (Å²) in [4.78, 5) is 13.0. The van der Waals surface area contributed by atoms with Crippen LogP contribution in [-0.2, 0) is 4.79 Å². The van der Waals surface area contributed by atoms with Crippen molar-refractivity contribution in [2.45, 2.75) is 19.9 Å². The molecule has 74 valence electrons. The number of rotatable bonds is 2. The van der Waals surface area contributed by atoms with E-state index >= 15 is 0 Å². The van der Waals surface area contributed by atoms with Gasteiger partial charge in [-0.3, -0.25) is 4.79 Å². The molecular formula is C8H15N3O2. The van der Waals surface area contributed by atoms with Gasteiger partial charge in [0.25, 0.3) is 5.91 Å². The number of nitrogens with zero attached hydrogens (tertiary/aromatic N) is 3. The Morgan fingerprint density at radius 3 is 2.69 bits per heavy atom. The van der Waals surface area contributed by atoms with Gasteiger partial charge >= 0.3 is 0 Å². The van der Waals surface area contributed by atoms with Crippen molar-refractivity contribution in [2.24, 2.45) is 5.10 Å². The number of amides is 1. The van der Waals surface area contributed by atoms with Crippen molar-refractivity contribution in [3.05, 3.63) is 0 Å². The van der Waals surface area contributed by atoms with Crippen LogP contribution in [0.2, 0.25) is 0 Å². The van der Waals surface area contributed by atoms with Gasteiger partial charge in [0.2, 0.25) is 0 Å². The Hall–Kier alpha value is -1.10. The lowest BCUT2D eigenvalue weighted by Crippen LogP contribution is -2.44. The van der Waals surface area contributed by atoms with E-state index in [0.29, 0.717) is 12.6 Å². The first-order chi connectivity index (χ1) is 6.15. The highest BCUT2D eigenvalue weighted by Gasteiger charge is 2.17. The molecule has 1 rings (SSSR count). The predicted molar refractivity (Wildman–Crippen MR) is 49.1 cm³/mol. The molecule has 0 aromatic carbocycles. The maximum Gasteiger partial charge on any atom is 0.268 e. The quantitative estimate of drug-likeness (QED) is 0.629. The summed E-state index contributed by atoms with van der Waals surface area (Å²) in [5, 5.41) is 13.8. The number of hydrogen-bond donors (Lipinski definition) is 1. The van der Waals surface area contributed by atoms with Crippen molar-refractivity contribution < 1.29 is 9.90 Å². The van der Waals surface area contributed by atoms with Crippen molar-refractivity contribution >= 4 is 12.2 Å². The van der Waals surface area contributed by atoms with Gasteiger partial charge in [-0.1, -0.05) is 0 Å². The molecule has 0 saturated heterocycles. The highest BCUT2D eigenvalue weighted by atomic mass is 16.3. The third kappa shape index (κ3) is 2.42. The number of carbonyl (C=O) groups is 1. The summed E-state index contributed by atoms with van der Waals surface area (Å²) in [6.07, 6.45) is 1.64. The molecule has 1 amide bonds. The first-order valence-electron chi connectivity index (χ1n) is 4.36. The van der Waals surface area contributed by atoms with Crippen LogP contribution >= 0.6 is 0 Å². The summed E-state index contributed by atoms with van der Waals surface area (Å²) in [5.74, 6) is -0.348. The summed E-state index contributed by atoms with van der Waals surface area (Å²) in [7, 11) is 0. The van der Waals surface area contributed by atoms with E-state index in [-0.39, 0.29) is 5.91 Å². The van der Waals surface area contributed by atoms with Gasteiger partial charge < -0.3 is 10.0 Å².